The number of rotatable bonds is 3. The van der Waals surface area contributed by atoms with Crippen LogP contribution < -0.4 is 11.3 Å². The van der Waals surface area contributed by atoms with Crippen molar-refractivity contribution in [2.24, 2.45) is 5.84 Å². The quantitative estimate of drug-likeness (QED) is 0.650. The first-order chi connectivity index (χ1) is 9.04. The van der Waals surface area contributed by atoms with Crippen molar-refractivity contribution in [1.29, 1.82) is 0 Å². The lowest BCUT2D eigenvalue weighted by Crippen LogP contribution is -2.30. The molecule has 2 rings (SSSR count). The number of hydrogen-bond donors (Lipinski definition) is 2. The highest BCUT2D eigenvalue weighted by atomic mass is 79.9. The maximum absolute atomic E-state index is 14.2. The predicted molar refractivity (Wildman–Crippen MR) is 79.5 cm³/mol. The summed E-state index contributed by atoms with van der Waals surface area (Å²) in [7, 11) is 0. The number of halogens is 3. The molecule has 5 heteroatoms. The summed E-state index contributed by atoms with van der Waals surface area (Å²) in [6, 6.07) is 10.1. The molecule has 0 aliphatic heterocycles. The van der Waals surface area contributed by atoms with Crippen molar-refractivity contribution < 1.29 is 4.39 Å². The minimum absolute atomic E-state index is 0.329. The van der Waals surface area contributed by atoms with Gasteiger partial charge in [-0.25, -0.2) is 9.82 Å². The molecule has 0 aliphatic carbocycles. The maximum atomic E-state index is 14.2. The predicted octanol–water partition coefficient (Wildman–Crippen LogP) is 4.10. The number of hydrogen-bond acceptors (Lipinski definition) is 2. The Morgan fingerprint density at radius 2 is 2.00 bits per heavy atom. The summed E-state index contributed by atoms with van der Waals surface area (Å²) in [5, 5.41) is 0.594. The molecule has 2 nitrogen and oxygen atoms in total. The van der Waals surface area contributed by atoms with Crippen LogP contribution in [-0.4, -0.2) is 0 Å². The van der Waals surface area contributed by atoms with Crippen molar-refractivity contribution in [3.05, 3.63) is 68.4 Å². The summed E-state index contributed by atoms with van der Waals surface area (Å²) in [4.78, 5) is 0. The molecule has 0 amide bonds. The highest BCUT2D eigenvalue weighted by Crippen LogP contribution is 2.30. The Hall–Kier alpha value is -0.940. The van der Waals surface area contributed by atoms with Crippen molar-refractivity contribution in [3.63, 3.8) is 0 Å². The van der Waals surface area contributed by atoms with Gasteiger partial charge in [0.25, 0.3) is 0 Å². The van der Waals surface area contributed by atoms with E-state index in [4.69, 9.17) is 17.4 Å². The lowest BCUT2D eigenvalue weighted by atomic mass is 9.95. The first-order valence-electron chi connectivity index (χ1n) is 5.70. The summed E-state index contributed by atoms with van der Waals surface area (Å²) >= 11 is 9.18. The van der Waals surface area contributed by atoms with Gasteiger partial charge in [0.15, 0.2) is 0 Å². The molecule has 0 heterocycles. The number of benzene rings is 2. The number of nitrogens with one attached hydrogen (secondary N) is 1. The molecule has 0 spiro atoms. The lowest BCUT2D eigenvalue weighted by Gasteiger charge is -2.20. The number of hydrazine groups is 1. The largest absolute Gasteiger partial charge is 0.271 e. The van der Waals surface area contributed by atoms with Crippen LogP contribution in [-0.2, 0) is 0 Å². The van der Waals surface area contributed by atoms with Crippen LogP contribution in [0.25, 0.3) is 0 Å². The van der Waals surface area contributed by atoms with Gasteiger partial charge in [-0.15, -0.1) is 0 Å². The number of aryl methyl sites for hydroxylation is 1. The Morgan fingerprint density at radius 1 is 1.26 bits per heavy atom. The van der Waals surface area contributed by atoms with E-state index < -0.39 is 6.04 Å². The highest BCUT2D eigenvalue weighted by Gasteiger charge is 2.19. The summed E-state index contributed by atoms with van der Waals surface area (Å²) in [6.07, 6.45) is 0. The molecule has 0 saturated carbocycles. The number of nitrogens with two attached hydrogens (primary N) is 1. The monoisotopic (exact) mass is 342 g/mol. The first kappa shape index (κ1) is 14.5. The zero-order chi connectivity index (χ0) is 14.0. The minimum Gasteiger partial charge on any atom is -0.271 e. The normalized spacial score (nSPS) is 12.5. The maximum Gasteiger partial charge on any atom is 0.142 e. The second-order valence-corrected chi connectivity index (χ2v) is 5.53. The molecule has 0 aromatic heterocycles. The summed E-state index contributed by atoms with van der Waals surface area (Å²) in [6.45, 7) is 1.94. The molecule has 3 N–H and O–H groups in total. The van der Waals surface area contributed by atoms with Gasteiger partial charge < -0.3 is 0 Å². The average molecular weight is 344 g/mol. The third kappa shape index (κ3) is 2.98. The van der Waals surface area contributed by atoms with E-state index in [0.29, 0.717) is 15.1 Å². The molecule has 19 heavy (non-hydrogen) atoms. The van der Waals surface area contributed by atoms with E-state index >= 15 is 0 Å². The molecule has 0 fully saturated rings. The van der Waals surface area contributed by atoms with Crippen LogP contribution >= 0.6 is 27.5 Å². The lowest BCUT2D eigenvalue weighted by molar-refractivity contribution is 0.555. The average Bonchev–Trinajstić information content (AvgIpc) is 2.39. The first-order valence-corrected chi connectivity index (χ1v) is 6.87. The Labute approximate surface area is 124 Å². The third-order valence-electron chi connectivity index (χ3n) is 3.01. The third-order valence-corrected chi connectivity index (χ3v) is 3.86. The van der Waals surface area contributed by atoms with Crippen molar-refractivity contribution in [1.82, 2.24) is 5.43 Å². The summed E-state index contributed by atoms with van der Waals surface area (Å²) < 4.78 is 14.6. The van der Waals surface area contributed by atoms with Gasteiger partial charge >= 0.3 is 0 Å². The fraction of sp³-hybridized carbons (Fsp3) is 0.143. The van der Waals surface area contributed by atoms with Gasteiger partial charge in [-0.2, -0.15) is 0 Å². The molecule has 0 bridgehead atoms. The van der Waals surface area contributed by atoms with E-state index in [2.05, 4.69) is 21.4 Å². The molecule has 0 aliphatic rings. The summed E-state index contributed by atoms with van der Waals surface area (Å²) in [5.74, 6) is 5.27. The van der Waals surface area contributed by atoms with Gasteiger partial charge in [-0.1, -0.05) is 29.8 Å². The van der Waals surface area contributed by atoms with E-state index in [-0.39, 0.29) is 5.82 Å². The van der Waals surface area contributed by atoms with Gasteiger partial charge in [0, 0.05) is 10.6 Å². The van der Waals surface area contributed by atoms with Crippen LogP contribution in [0.4, 0.5) is 4.39 Å². The Kier molecular flexibility index (Phi) is 4.58. The molecule has 1 atom stereocenters. The SMILES string of the molecule is Cc1ccc(Cl)cc1C(NN)c1cccc(Br)c1F. The zero-order valence-corrected chi connectivity index (χ0v) is 12.6. The van der Waals surface area contributed by atoms with Crippen LogP contribution in [0.15, 0.2) is 40.9 Å². The van der Waals surface area contributed by atoms with E-state index in [9.17, 15) is 4.39 Å². The van der Waals surface area contributed by atoms with Crippen LogP contribution in [0.2, 0.25) is 5.02 Å². The fourth-order valence-corrected chi connectivity index (χ4v) is 2.57. The van der Waals surface area contributed by atoms with Crippen molar-refractivity contribution in [2.45, 2.75) is 13.0 Å². The van der Waals surface area contributed by atoms with Crippen LogP contribution in [0.1, 0.15) is 22.7 Å². The fourth-order valence-electron chi connectivity index (χ4n) is 2.01. The Bertz CT molecular complexity index is 602. The topological polar surface area (TPSA) is 38.0 Å². The van der Waals surface area contributed by atoms with Gasteiger partial charge in [-0.05, 0) is 52.2 Å². The van der Waals surface area contributed by atoms with E-state index in [1.807, 2.05) is 13.0 Å². The molecule has 1 unspecified atom stereocenters. The highest BCUT2D eigenvalue weighted by molar-refractivity contribution is 9.10. The van der Waals surface area contributed by atoms with Gasteiger partial charge in [0.1, 0.15) is 5.82 Å². The van der Waals surface area contributed by atoms with Gasteiger partial charge in [0.2, 0.25) is 0 Å². The molecule has 2 aromatic carbocycles. The molecule has 0 radical (unpaired) electrons. The second kappa shape index (κ2) is 6.01. The molecule has 100 valence electrons. The smallest absolute Gasteiger partial charge is 0.142 e. The van der Waals surface area contributed by atoms with Gasteiger partial charge in [0.05, 0.1) is 10.5 Å². The van der Waals surface area contributed by atoms with E-state index in [0.717, 1.165) is 11.1 Å². The molecule has 0 saturated heterocycles. The second-order valence-electron chi connectivity index (χ2n) is 4.24. The van der Waals surface area contributed by atoms with E-state index in [1.165, 1.54) is 0 Å². The zero-order valence-electron chi connectivity index (χ0n) is 10.3. The minimum atomic E-state index is -0.448. The molecular formula is C14H13BrClFN2. The Balaban J connectivity index is 2.56. The van der Waals surface area contributed by atoms with Crippen molar-refractivity contribution in [2.75, 3.05) is 0 Å². The standard InChI is InChI=1S/C14H13BrClFN2/c1-8-5-6-9(16)7-11(8)14(19-18)10-3-2-4-12(15)13(10)17/h2-7,14,19H,18H2,1H3. The molecule has 2 aromatic rings. The van der Waals surface area contributed by atoms with Gasteiger partial charge in [-0.3, -0.25) is 5.84 Å². The van der Waals surface area contributed by atoms with Crippen LogP contribution in [0.3, 0.4) is 0 Å². The van der Waals surface area contributed by atoms with E-state index in [1.54, 1.807) is 30.3 Å². The Morgan fingerprint density at radius 3 is 2.68 bits per heavy atom. The summed E-state index contributed by atoms with van der Waals surface area (Å²) in [5.41, 5.74) is 4.97. The van der Waals surface area contributed by atoms with Crippen molar-refractivity contribution >= 4 is 27.5 Å². The van der Waals surface area contributed by atoms with Crippen LogP contribution in [0.5, 0.6) is 0 Å². The van der Waals surface area contributed by atoms with Crippen molar-refractivity contribution in [3.8, 4) is 0 Å². The van der Waals surface area contributed by atoms with Crippen LogP contribution in [0, 0.1) is 12.7 Å². The molecular weight excluding hydrogens is 331 g/mol.